The Morgan fingerprint density at radius 2 is 1.86 bits per heavy atom. The second kappa shape index (κ2) is 8.03. The minimum atomic E-state index is 0.867. The summed E-state index contributed by atoms with van der Waals surface area (Å²) in [6.45, 7) is 7.24. The summed E-state index contributed by atoms with van der Waals surface area (Å²) in [7, 11) is 0. The van der Waals surface area contributed by atoms with E-state index in [-0.39, 0.29) is 0 Å². The van der Waals surface area contributed by atoms with E-state index >= 15 is 0 Å². The third kappa shape index (κ3) is 4.21. The van der Waals surface area contributed by atoms with Gasteiger partial charge in [-0.15, -0.1) is 0 Å². The minimum absolute atomic E-state index is 0.867. The number of nitrogens with one attached hydrogen (secondary N) is 1. The molecule has 0 saturated heterocycles. The molecule has 0 atom stereocenters. The molecule has 0 amide bonds. The van der Waals surface area contributed by atoms with E-state index in [0.29, 0.717) is 0 Å². The van der Waals surface area contributed by atoms with Gasteiger partial charge in [0.25, 0.3) is 0 Å². The lowest BCUT2D eigenvalue weighted by Gasteiger charge is -2.13. The summed E-state index contributed by atoms with van der Waals surface area (Å²) in [6.07, 6.45) is 1.18. The Kier molecular flexibility index (Phi) is 6.05. The molecule has 1 aromatic carbocycles. The van der Waals surface area contributed by atoms with Crippen molar-refractivity contribution in [3.8, 4) is 11.3 Å². The summed E-state index contributed by atoms with van der Waals surface area (Å²) in [5.41, 5.74) is 3.30. The lowest BCUT2D eigenvalue weighted by Crippen LogP contribution is -2.07. The first kappa shape index (κ1) is 15.8. The fraction of sp³-hybridized carbons (Fsp3) is 0.412. The molecule has 0 fully saturated rings. The maximum Gasteiger partial charge on any atom is 0.141 e. The molecule has 1 N–H and O–H groups in total. The van der Waals surface area contributed by atoms with Crippen molar-refractivity contribution in [2.24, 2.45) is 0 Å². The van der Waals surface area contributed by atoms with E-state index in [0.717, 1.165) is 46.5 Å². The first-order valence-electron chi connectivity index (χ1n) is 7.50. The maximum atomic E-state index is 4.79. The summed E-state index contributed by atoms with van der Waals surface area (Å²) >= 11 is 1.89. The highest BCUT2D eigenvalue weighted by molar-refractivity contribution is 7.98. The molecule has 1 heterocycles. The second-order valence-electron chi connectivity index (χ2n) is 4.91. The van der Waals surface area contributed by atoms with Gasteiger partial charge in [-0.05, 0) is 26.0 Å². The van der Waals surface area contributed by atoms with Crippen LogP contribution in [0.1, 0.15) is 31.7 Å². The van der Waals surface area contributed by atoms with E-state index in [1.165, 1.54) is 6.42 Å². The monoisotopic (exact) mass is 301 g/mol. The third-order valence-corrected chi connectivity index (χ3v) is 4.32. The van der Waals surface area contributed by atoms with Gasteiger partial charge in [0.05, 0.1) is 11.4 Å². The van der Waals surface area contributed by atoms with Gasteiger partial charge < -0.3 is 5.32 Å². The zero-order valence-corrected chi connectivity index (χ0v) is 13.8. The Labute approximate surface area is 131 Å². The maximum absolute atomic E-state index is 4.79. The van der Waals surface area contributed by atoms with Crippen molar-refractivity contribution in [3.63, 3.8) is 0 Å². The highest BCUT2D eigenvalue weighted by Crippen LogP contribution is 2.26. The van der Waals surface area contributed by atoms with E-state index in [4.69, 9.17) is 4.98 Å². The van der Waals surface area contributed by atoms with Crippen molar-refractivity contribution in [1.82, 2.24) is 9.97 Å². The molecule has 4 heteroatoms. The molecule has 1 aromatic heterocycles. The predicted molar refractivity (Wildman–Crippen MR) is 92.8 cm³/mol. The number of anilines is 1. The first-order chi connectivity index (χ1) is 10.3. The van der Waals surface area contributed by atoms with Crippen LogP contribution in [0, 0.1) is 6.92 Å². The van der Waals surface area contributed by atoms with Crippen molar-refractivity contribution in [2.45, 2.75) is 32.9 Å². The SMILES string of the molecule is CCCSCc1nc(NCC)c(C)c(-c2ccccc2)n1. The Balaban J connectivity index is 2.37. The summed E-state index contributed by atoms with van der Waals surface area (Å²) in [5, 5.41) is 3.36. The molecule has 2 aromatic rings. The van der Waals surface area contributed by atoms with Gasteiger partial charge in [-0.3, -0.25) is 0 Å². The molecule has 0 aliphatic rings. The van der Waals surface area contributed by atoms with Gasteiger partial charge in [-0.1, -0.05) is 37.3 Å². The van der Waals surface area contributed by atoms with Gasteiger partial charge in [-0.25, -0.2) is 9.97 Å². The standard InChI is InChI=1S/C17H23N3S/c1-4-11-21-12-15-19-16(14-9-7-6-8-10-14)13(3)17(20-15)18-5-2/h6-10H,4-5,11-12H2,1-3H3,(H,18,19,20). The zero-order valence-electron chi connectivity index (χ0n) is 13.0. The van der Waals surface area contributed by atoms with E-state index in [9.17, 15) is 0 Å². The van der Waals surface area contributed by atoms with Crippen molar-refractivity contribution < 1.29 is 0 Å². The Bertz CT molecular complexity index is 570. The van der Waals surface area contributed by atoms with E-state index in [1.54, 1.807) is 0 Å². The van der Waals surface area contributed by atoms with Crippen LogP contribution in [0.5, 0.6) is 0 Å². The van der Waals surface area contributed by atoms with Crippen LogP contribution in [0.4, 0.5) is 5.82 Å². The highest BCUT2D eigenvalue weighted by Gasteiger charge is 2.12. The second-order valence-corrected chi connectivity index (χ2v) is 6.02. The number of nitrogens with zero attached hydrogens (tertiary/aromatic N) is 2. The lowest BCUT2D eigenvalue weighted by molar-refractivity contribution is 1.00. The van der Waals surface area contributed by atoms with Gasteiger partial charge in [0.15, 0.2) is 0 Å². The summed E-state index contributed by atoms with van der Waals surface area (Å²) in [5.74, 6) is 3.88. The van der Waals surface area contributed by atoms with Crippen molar-refractivity contribution in [3.05, 3.63) is 41.7 Å². The highest BCUT2D eigenvalue weighted by atomic mass is 32.2. The van der Waals surface area contributed by atoms with Crippen molar-refractivity contribution in [1.29, 1.82) is 0 Å². The lowest BCUT2D eigenvalue weighted by atomic mass is 10.1. The molecule has 21 heavy (non-hydrogen) atoms. The van der Waals surface area contributed by atoms with E-state index < -0.39 is 0 Å². The molecule has 0 unspecified atom stereocenters. The van der Waals surface area contributed by atoms with Gasteiger partial charge in [-0.2, -0.15) is 11.8 Å². The smallest absolute Gasteiger partial charge is 0.141 e. The zero-order chi connectivity index (χ0) is 15.1. The third-order valence-electron chi connectivity index (χ3n) is 3.16. The van der Waals surface area contributed by atoms with Crippen LogP contribution in [-0.4, -0.2) is 22.3 Å². The average molecular weight is 301 g/mol. The van der Waals surface area contributed by atoms with Gasteiger partial charge >= 0.3 is 0 Å². The largest absolute Gasteiger partial charge is 0.370 e. The van der Waals surface area contributed by atoms with E-state index in [1.807, 2.05) is 17.8 Å². The number of hydrogen-bond donors (Lipinski definition) is 1. The van der Waals surface area contributed by atoms with Gasteiger partial charge in [0.2, 0.25) is 0 Å². The number of thioether (sulfide) groups is 1. The molecule has 3 nitrogen and oxygen atoms in total. The summed E-state index contributed by atoms with van der Waals surface area (Å²) in [6, 6.07) is 10.3. The normalized spacial score (nSPS) is 10.6. The Morgan fingerprint density at radius 3 is 2.52 bits per heavy atom. The molecule has 0 radical (unpaired) electrons. The van der Waals surface area contributed by atoms with Crippen molar-refractivity contribution in [2.75, 3.05) is 17.6 Å². The van der Waals surface area contributed by atoms with Gasteiger partial charge in [0, 0.05) is 17.7 Å². The van der Waals surface area contributed by atoms with Crippen molar-refractivity contribution >= 4 is 17.6 Å². The Hall–Kier alpha value is -1.55. The van der Waals surface area contributed by atoms with Crippen LogP contribution >= 0.6 is 11.8 Å². The number of benzene rings is 1. The summed E-state index contributed by atoms with van der Waals surface area (Å²) < 4.78 is 0. The van der Waals surface area contributed by atoms with Crippen LogP contribution in [0.25, 0.3) is 11.3 Å². The number of hydrogen-bond acceptors (Lipinski definition) is 4. The number of rotatable bonds is 7. The van der Waals surface area contributed by atoms with Crippen LogP contribution in [0.3, 0.4) is 0 Å². The quantitative estimate of drug-likeness (QED) is 0.763. The van der Waals surface area contributed by atoms with Crippen LogP contribution in [0.15, 0.2) is 30.3 Å². The fourth-order valence-corrected chi connectivity index (χ4v) is 2.90. The molecular formula is C17H23N3S. The fourth-order valence-electron chi connectivity index (χ4n) is 2.15. The van der Waals surface area contributed by atoms with Crippen LogP contribution in [0.2, 0.25) is 0 Å². The summed E-state index contributed by atoms with van der Waals surface area (Å²) in [4.78, 5) is 9.46. The van der Waals surface area contributed by atoms with Crippen LogP contribution in [-0.2, 0) is 5.75 Å². The predicted octanol–water partition coefficient (Wildman–Crippen LogP) is 4.53. The number of aromatic nitrogens is 2. The first-order valence-corrected chi connectivity index (χ1v) is 8.66. The van der Waals surface area contributed by atoms with Gasteiger partial charge in [0.1, 0.15) is 11.6 Å². The molecule has 2 rings (SSSR count). The minimum Gasteiger partial charge on any atom is -0.370 e. The van der Waals surface area contributed by atoms with E-state index in [2.05, 4.69) is 55.3 Å². The topological polar surface area (TPSA) is 37.8 Å². The molecular weight excluding hydrogens is 278 g/mol. The average Bonchev–Trinajstić information content (AvgIpc) is 2.51. The molecule has 0 aliphatic heterocycles. The molecule has 0 saturated carbocycles. The van der Waals surface area contributed by atoms with Crippen LogP contribution < -0.4 is 5.32 Å². The molecule has 0 aliphatic carbocycles. The Morgan fingerprint density at radius 1 is 1.10 bits per heavy atom. The molecule has 112 valence electrons. The molecule has 0 spiro atoms. The molecule has 0 bridgehead atoms.